The van der Waals surface area contributed by atoms with E-state index in [1.807, 2.05) is 0 Å². The molecule has 2 heterocycles. The fourth-order valence-corrected chi connectivity index (χ4v) is 4.16. The summed E-state index contributed by atoms with van der Waals surface area (Å²) in [6.45, 7) is 6.27. The summed E-state index contributed by atoms with van der Waals surface area (Å²) in [6, 6.07) is 2.07. The molecule has 0 bridgehead atoms. The number of carbonyl (C=O) groups is 5. The summed E-state index contributed by atoms with van der Waals surface area (Å²) in [5.41, 5.74) is 0.201. The predicted octanol–water partition coefficient (Wildman–Crippen LogP) is 2.92. The van der Waals surface area contributed by atoms with Crippen LogP contribution >= 0.6 is 0 Å². The van der Waals surface area contributed by atoms with E-state index in [1.54, 1.807) is 6.07 Å². The molecule has 1 aromatic heterocycles. The van der Waals surface area contributed by atoms with Crippen LogP contribution in [0.15, 0.2) is 24.5 Å². The quantitative estimate of drug-likeness (QED) is 0.401. The van der Waals surface area contributed by atoms with Crippen molar-refractivity contribution < 1.29 is 33.0 Å². The summed E-state index contributed by atoms with van der Waals surface area (Å²) in [5, 5.41) is 7.99. The number of hydrogen-bond donors (Lipinski definition) is 3. The van der Waals surface area contributed by atoms with Gasteiger partial charge in [0, 0.05) is 35.1 Å². The maximum absolute atomic E-state index is 12.8. The van der Waals surface area contributed by atoms with Gasteiger partial charge in [-0.3, -0.25) is 24.2 Å². The third-order valence-corrected chi connectivity index (χ3v) is 6.04. The van der Waals surface area contributed by atoms with Crippen molar-refractivity contribution in [1.82, 2.24) is 20.9 Å². The molecule has 0 unspecified atom stereocenters. The lowest BCUT2D eigenvalue weighted by atomic mass is 9.90. The Balaban J connectivity index is 0. The largest absolute Gasteiger partial charge is 0.454 e. The van der Waals surface area contributed by atoms with Crippen molar-refractivity contribution in [2.45, 2.75) is 71.8 Å². The summed E-state index contributed by atoms with van der Waals surface area (Å²) in [4.78, 5) is 65.6. The molecule has 2 atom stereocenters. The number of carbonyl (C=O) groups excluding carboxylic acids is 5. The smallest absolute Gasteiger partial charge is 0.340 e. The number of pyridine rings is 1. The molecule has 0 spiro atoms. The molecule has 1 aromatic rings. The highest BCUT2D eigenvalue weighted by molar-refractivity contribution is 5.95. The first-order valence-corrected chi connectivity index (χ1v) is 13.1. The topological polar surface area (TPSA) is 144 Å². The first-order chi connectivity index (χ1) is 17.7. The van der Waals surface area contributed by atoms with E-state index in [2.05, 4.69) is 41.7 Å². The van der Waals surface area contributed by atoms with Crippen LogP contribution in [0.25, 0.3) is 0 Å². The molecule has 10 nitrogen and oxygen atoms in total. The number of ether oxygens (including phenoxy) is 1. The maximum atomic E-state index is 12.8. The predicted molar refractivity (Wildman–Crippen MR) is 144 cm³/mol. The van der Waals surface area contributed by atoms with Gasteiger partial charge in [0.2, 0.25) is 17.7 Å². The van der Waals surface area contributed by atoms with E-state index in [0.29, 0.717) is 13.0 Å². The molecule has 210 valence electrons. The Morgan fingerprint density at radius 2 is 1.84 bits per heavy atom. The number of piperidine rings is 1. The number of ketones is 1. The summed E-state index contributed by atoms with van der Waals surface area (Å²) in [5.74, 6) is -1.78. The molecule has 3 N–H and O–H groups in total. The van der Waals surface area contributed by atoms with Gasteiger partial charge in [0.1, 0.15) is 0 Å². The average molecular weight is 523 g/mol. The molecule has 1 aliphatic heterocycles. The van der Waals surface area contributed by atoms with E-state index in [-0.39, 0.29) is 40.5 Å². The molecule has 3 amide bonds. The molecule has 1 aliphatic carbocycles. The van der Waals surface area contributed by atoms with Crippen LogP contribution in [0.5, 0.6) is 0 Å². The van der Waals surface area contributed by atoms with Gasteiger partial charge in [0.25, 0.3) is 0 Å². The first kappa shape index (κ1) is 29.9. The molecule has 2 fully saturated rings. The third kappa shape index (κ3) is 11.1. The highest BCUT2D eigenvalue weighted by atomic mass is 16.5. The second-order valence-electron chi connectivity index (χ2n) is 10.2. The number of rotatable bonds is 10. The Bertz CT molecular complexity index is 927. The van der Waals surface area contributed by atoms with Gasteiger partial charge in [-0.15, -0.1) is 0 Å². The number of hydrogen-bond acceptors (Lipinski definition) is 7. The van der Waals surface area contributed by atoms with Crippen LogP contribution < -0.4 is 16.0 Å². The maximum Gasteiger partial charge on any atom is 0.340 e. The number of nitrogens with zero attached hydrogens (tertiary/aromatic N) is 1. The van der Waals surface area contributed by atoms with Gasteiger partial charge in [-0.2, -0.15) is 0 Å². The van der Waals surface area contributed by atoms with E-state index >= 15 is 0 Å². The molecule has 2 aliphatic rings. The number of Topliss-reactive ketones (excluding diaryl/α,β-unsaturated/α-hetero) is 1. The van der Waals surface area contributed by atoms with Gasteiger partial charge in [-0.25, -0.2) is 4.79 Å². The van der Waals surface area contributed by atoms with Crippen molar-refractivity contribution in [1.29, 1.82) is 0 Å². The Labute approximate surface area is 223 Å². The first-order valence-electron chi connectivity index (χ1n) is 13.1. The van der Waals surface area contributed by atoms with Gasteiger partial charge < -0.3 is 20.7 Å². The van der Waals surface area contributed by atoms with E-state index < -0.39 is 36.2 Å². The van der Waals surface area contributed by atoms with Crippen molar-refractivity contribution >= 4 is 29.5 Å². The molecule has 1 saturated heterocycles. The SMILES string of the molecule is CC(C)C.O=C(CNC(=O)C1CCCC1)N[C@@H](C[C@@H]1CCCNC1=O)C(=O)COC(=O)c1cccnc1.[HH].[HH].[HH]. The highest BCUT2D eigenvalue weighted by Crippen LogP contribution is 2.24. The minimum atomic E-state index is -1.02. The standard InChI is InChI=1S/C23H30N4O6.C4H10.3H2/c28-19(14-33-23(32)17-8-3-9-24-12-17)18(11-16-7-4-10-25-22(16)31)27-20(29)13-26-21(30)15-5-1-2-6-15;1-4(2)3;;;/h3,8-9,12,15-16,18H,1-2,4-7,10-11,13-14H2,(H,25,31)(H,26,30)(H,27,29);4H,1-3H3;3*1H/t16-,18-;;;;/m0..../s1. The number of nitrogens with one attached hydrogen (secondary N) is 3. The molecule has 37 heavy (non-hydrogen) atoms. The van der Waals surface area contributed by atoms with Gasteiger partial charge in [0.15, 0.2) is 12.4 Å². The second kappa shape index (κ2) is 15.7. The minimum absolute atomic E-state index is 0. The summed E-state index contributed by atoms with van der Waals surface area (Å²) in [6.07, 6.45) is 7.93. The summed E-state index contributed by atoms with van der Waals surface area (Å²) < 4.78 is 5.08. The normalized spacial score (nSPS) is 18.2. The number of esters is 1. The number of amides is 3. The zero-order valence-electron chi connectivity index (χ0n) is 22.1. The summed E-state index contributed by atoms with van der Waals surface area (Å²) in [7, 11) is 0. The minimum Gasteiger partial charge on any atom is -0.454 e. The Morgan fingerprint density at radius 1 is 1.14 bits per heavy atom. The Kier molecular flexibility index (Phi) is 12.7. The van der Waals surface area contributed by atoms with Crippen molar-refractivity contribution in [3.8, 4) is 0 Å². The van der Waals surface area contributed by atoms with Crippen LogP contribution in [0.1, 0.15) is 80.4 Å². The van der Waals surface area contributed by atoms with E-state index in [1.165, 1.54) is 18.5 Å². The molecular formula is C27H46N4O6. The van der Waals surface area contributed by atoms with Gasteiger partial charge in [-0.05, 0) is 50.2 Å². The van der Waals surface area contributed by atoms with Crippen LogP contribution in [0, 0.1) is 17.8 Å². The van der Waals surface area contributed by atoms with Crippen LogP contribution in [0.4, 0.5) is 0 Å². The molecular weight excluding hydrogens is 476 g/mol. The molecule has 0 aromatic carbocycles. The van der Waals surface area contributed by atoms with Crippen molar-refractivity contribution in [3.05, 3.63) is 30.1 Å². The van der Waals surface area contributed by atoms with Crippen LogP contribution in [-0.2, 0) is 23.9 Å². The van der Waals surface area contributed by atoms with Gasteiger partial charge in [-0.1, -0.05) is 33.6 Å². The lowest BCUT2D eigenvalue weighted by Crippen LogP contribution is -2.49. The fourth-order valence-electron chi connectivity index (χ4n) is 4.16. The molecule has 10 heteroatoms. The van der Waals surface area contributed by atoms with Crippen LogP contribution in [0.2, 0.25) is 0 Å². The Morgan fingerprint density at radius 3 is 2.46 bits per heavy atom. The van der Waals surface area contributed by atoms with Gasteiger partial charge in [0.05, 0.1) is 18.2 Å². The monoisotopic (exact) mass is 522 g/mol. The zero-order chi connectivity index (χ0) is 27.2. The molecule has 3 rings (SSSR count). The van der Waals surface area contributed by atoms with Crippen LogP contribution in [-0.4, -0.2) is 60.2 Å². The molecule has 1 saturated carbocycles. The fraction of sp³-hybridized carbons (Fsp3) is 0.630. The lowest BCUT2D eigenvalue weighted by Gasteiger charge is -2.26. The second-order valence-corrected chi connectivity index (χ2v) is 10.2. The van der Waals surface area contributed by atoms with E-state index in [0.717, 1.165) is 38.0 Å². The van der Waals surface area contributed by atoms with Crippen molar-refractivity contribution in [2.75, 3.05) is 19.7 Å². The van der Waals surface area contributed by atoms with E-state index in [4.69, 9.17) is 4.74 Å². The summed E-state index contributed by atoms with van der Waals surface area (Å²) >= 11 is 0. The van der Waals surface area contributed by atoms with Crippen molar-refractivity contribution in [2.24, 2.45) is 17.8 Å². The average Bonchev–Trinajstić information content (AvgIpc) is 3.42. The lowest BCUT2D eigenvalue weighted by molar-refractivity contribution is -0.132. The molecule has 0 radical (unpaired) electrons. The van der Waals surface area contributed by atoms with Crippen LogP contribution in [0.3, 0.4) is 0 Å². The van der Waals surface area contributed by atoms with E-state index in [9.17, 15) is 24.0 Å². The van der Waals surface area contributed by atoms with Crippen molar-refractivity contribution in [3.63, 3.8) is 0 Å². The Hall–Kier alpha value is -3.30. The highest BCUT2D eigenvalue weighted by Gasteiger charge is 2.31. The number of aromatic nitrogens is 1. The van der Waals surface area contributed by atoms with Gasteiger partial charge >= 0.3 is 5.97 Å². The zero-order valence-corrected chi connectivity index (χ0v) is 22.1. The third-order valence-electron chi connectivity index (χ3n) is 6.04.